The third kappa shape index (κ3) is 3.10. The second-order valence-electron chi connectivity index (χ2n) is 7.62. The van der Waals surface area contributed by atoms with Crippen molar-refractivity contribution in [3.8, 4) is 0 Å². The maximum absolute atomic E-state index is 12.9. The van der Waals surface area contributed by atoms with Gasteiger partial charge < -0.3 is 4.74 Å². The number of allylic oxidation sites excluding steroid dienone is 2. The fourth-order valence-electron chi connectivity index (χ4n) is 3.75. The van der Waals surface area contributed by atoms with Crippen LogP contribution in [0.3, 0.4) is 0 Å². The van der Waals surface area contributed by atoms with E-state index in [4.69, 9.17) is 4.74 Å². The molecule has 3 heteroatoms. The molecule has 0 aromatic heterocycles. The van der Waals surface area contributed by atoms with Crippen LogP contribution in [0.15, 0.2) is 48.0 Å². The minimum absolute atomic E-state index is 0.0435. The number of carbonyl (C=O) groups excluding carboxylic acids is 2. The average molecular weight is 348 g/mol. The van der Waals surface area contributed by atoms with Gasteiger partial charge in [0.2, 0.25) is 0 Å². The molecule has 134 valence electrons. The molecule has 0 aliphatic heterocycles. The van der Waals surface area contributed by atoms with Crippen LogP contribution in [0.2, 0.25) is 0 Å². The van der Waals surface area contributed by atoms with Gasteiger partial charge in [-0.15, -0.1) is 0 Å². The van der Waals surface area contributed by atoms with E-state index in [1.54, 1.807) is 24.3 Å². The molecule has 2 aromatic carbocycles. The van der Waals surface area contributed by atoms with E-state index in [-0.39, 0.29) is 11.2 Å². The van der Waals surface area contributed by atoms with Gasteiger partial charge in [0, 0.05) is 11.1 Å². The van der Waals surface area contributed by atoms with Gasteiger partial charge in [0.05, 0.1) is 12.7 Å². The standard InChI is InChI=1S/C23H24O3/c1-14-13-23(3,4)20-11-10-18(12-19(20)15(14)2)21(24)16-6-8-17(9-7-16)22(25)26-5/h6-12H,13H2,1-5H3. The summed E-state index contributed by atoms with van der Waals surface area (Å²) >= 11 is 0. The molecule has 2 aromatic rings. The highest BCUT2D eigenvalue weighted by atomic mass is 16.5. The second-order valence-corrected chi connectivity index (χ2v) is 7.62. The minimum atomic E-state index is -0.406. The second kappa shape index (κ2) is 6.56. The van der Waals surface area contributed by atoms with Crippen molar-refractivity contribution in [2.24, 2.45) is 0 Å². The Morgan fingerprint density at radius 3 is 2.12 bits per heavy atom. The van der Waals surface area contributed by atoms with Crippen molar-refractivity contribution in [3.05, 3.63) is 75.9 Å². The Morgan fingerprint density at radius 2 is 1.50 bits per heavy atom. The number of ether oxygens (including phenoxy) is 1. The van der Waals surface area contributed by atoms with Gasteiger partial charge >= 0.3 is 5.97 Å². The van der Waals surface area contributed by atoms with Crippen molar-refractivity contribution in [3.63, 3.8) is 0 Å². The largest absolute Gasteiger partial charge is 0.465 e. The van der Waals surface area contributed by atoms with Crippen LogP contribution in [0.25, 0.3) is 5.57 Å². The molecule has 0 N–H and O–H groups in total. The number of benzene rings is 2. The molecule has 0 heterocycles. The van der Waals surface area contributed by atoms with E-state index < -0.39 is 5.97 Å². The summed E-state index contributed by atoms with van der Waals surface area (Å²) in [6.45, 7) is 8.78. The molecule has 0 saturated heterocycles. The quantitative estimate of drug-likeness (QED) is 0.567. The smallest absolute Gasteiger partial charge is 0.337 e. The molecule has 0 atom stereocenters. The number of ketones is 1. The molecular weight excluding hydrogens is 324 g/mol. The first kappa shape index (κ1) is 18.1. The van der Waals surface area contributed by atoms with E-state index in [0.717, 1.165) is 12.0 Å². The summed E-state index contributed by atoms with van der Waals surface area (Å²) in [4.78, 5) is 24.4. The highest BCUT2D eigenvalue weighted by Crippen LogP contribution is 2.42. The molecule has 3 nitrogen and oxygen atoms in total. The third-order valence-corrected chi connectivity index (χ3v) is 5.33. The SMILES string of the molecule is COC(=O)c1ccc(C(=O)c2ccc3c(c2)C(C)=C(C)CC3(C)C)cc1. The van der Waals surface area contributed by atoms with Crippen molar-refractivity contribution in [1.82, 2.24) is 0 Å². The molecule has 3 rings (SSSR count). The van der Waals surface area contributed by atoms with Gasteiger partial charge in [-0.05, 0) is 60.6 Å². The van der Waals surface area contributed by atoms with Crippen molar-refractivity contribution < 1.29 is 14.3 Å². The van der Waals surface area contributed by atoms with E-state index in [1.165, 1.54) is 23.8 Å². The summed E-state index contributed by atoms with van der Waals surface area (Å²) < 4.78 is 4.70. The number of methoxy groups -OCH3 is 1. The molecule has 1 aliphatic carbocycles. The third-order valence-electron chi connectivity index (χ3n) is 5.33. The van der Waals surface area contributed by atoms with Crippen LogP contribution in [0, 0.1) is 0 Å². The minimum Gasteiger partial charge on any atom is -0.465 e. The first-order valence-corrected chi connectivity index (χ1v) is 8.79. The lowest BCUT2D eigenvalue weighted by Crippen LogP contribution is -2.23. The highest BCUT2D eigenvalue weighted by Gasteiger charge is 2.30. The maximum Gasteiger partial charge on any atom is 0.337 e. The molecule has 0 fully saturated rings. The zero-order chi connectivity index (χ0) is 19.1. The van der Waals surface area contributed by atoms with Crippen LogP contribution in [-0.2, 0) is 10.2 Å². The zero-order valence-electron chi connectivity index (χ0n) is 16.0. The number of fused-ring (bicyclic) bond motifs is 1. The summed E-state index contributed by atoms with van der Waals surface area (Å²) in [5.74, 6) is -0.450. The van der Waals surface area contributed by atoms with Gasteiger partial charge in [-0.2, -0.15) is 0 Å². The van der Waals surface area contributed by atoms with Gasteiger partial charge in [0.15, 0.2) is 5.78 Å². The molecule has 0 unspecified atom stereocenters. The number of hydrogen-bond acceptors (Lipinski definition) is 3. The summed E-state index contributed by atoms with van der Waals surface area (Å²) in [5, 5.41) is 0. The Balaban J connectivity index is 1.99. The Morgan fingerprint density at radius 1 is 0.923 bits per heavy atom. The predicted molar refractivity (Wildman–Crippen MR) is 104 cm³/mol. The number of hydrogen-bond donors (Lipinski definition) is 0. The van der Waals surface area contributed by atoms with Gasteiger partial charge in [0.25, 0.3) is 0 Å². The van der Waals surface area contributed by atoms with Gasteiger partial charge in [0.1, 0.15) is 0 Å². The Bertz CT molecular complexity index is 915. The number of esters is 1. The molecule has 0 radical (unpaired) electrons. The maximum atomic E-state index is 12.9. The van der Waals surface area contributed by atoms with Crippen LogP contribution in [0.5, 0.6) is 0 Å². The Hall–Kier alpha value is -2.68. The van der Waals surface area contributed by atoms with Crippen LogP contribution >= 0.6 is 0 Å². The normalized spacial score (nSPS) is 15.4. The average Bonchev–Trinajstić information content (AvgIpc) is 2.64. The summed E-state index contributed by atoms with van der Waals surface area (Å²) in [5.41, 5.74) is 6.82. The Labute approximate surface area is 154 Å². The first-order chi connectivity index (χ1) is 12.2. The zero-order valence-corrected chi connectivity index (χ0v) is 16.0. The van der Waals surface area contributed by atoms with Crippen LogP contribution in [-0.4, -0.2) is 18.9 Å². The van der Waals surface area contributed by atoms with Crippen molar-refractivity contribution in [2.45, 2.75) is 39.5 Å². The van der Waals surface area contributed by atoms with Gasteiger partial charge in [-0.1, -0.05) is 43.7 Å². The predicted octanol–water partition coefficient (Wildman–Crippen LogP) is 5.18. The summed E-state index contributed by atoms with van der Waals surface area (Å²) in [6, 6.07) is 12.6. The molecule has 0 amide bonds. The molecule has 0 saturated carbocycles. The number of rotatable bonds is 3. The van der Waals surface area contributed by atoms with E-state index in [1.807, 2.05) is 12.1 Å². The van der Waals surface area contributed by atoms with Crippen molar-refractivity contribution in [2.75, 3.05) is 7.11 Å². The summed E-state index contributed by atoms with van der Waals surface area (Å²) in [7, 11) is 1.34. The lowest BCUT2D eigenvalue weighted by Gasteiger charge is -2.34. The van der Waals surface area contributed by atoms with Crippen molar-refractivity contribution >= 4 is 17.3 Å². The van der Waals surface area contributed by atoms with Crippen LogP contribution in [0.4, 0.5) is 0 Å². The fourth-order valence-corrected chi connectivity index (χ4v) is 3.75. The Kier molecular flexibility index (Phi) is 4.57. The highest BCUT2D eigenvalue weighted by molar-refractivity contribution is 6.09. The van der Waals surface area contributed by atoms with Gasteiger partial charge in [-0.3, -0.25) is 4.79 Å². The molecule has 0 bridgehead atoms. The lowest BCUT2D eigenvalue weighted by atomic mass is 9.70. The van der Waals surface area contributed by atoms with E-state index in [0.29, 0.717) is 16.7 Å². The number of carbonyl (C=O) groups is 2. The fraction of sp³-hybridized carbons (Fsp3) is 0.304. The summed E-state index contributed by atoms with van der Waals surface area (Å²) in [6.07, 6.45) is 1.04. The molecule has 0 spiro atoms. The topological polar surface area (TPSA) is 43.4 Å². The molecule has 26 heavy (non-hydrogen) atoms. The van der Waals surface area contributed by atoms with E-state index in [9.17, 15) is 9.59 Å². The monoisotopic (exact) mass is 348 g/mol. The lowest BCUT2D eigenvalue weighted by molar-refractivity contribution is 0.0600. The van der Waals surface area contributed by atoms with Crippen LogP contribution < -0.4 is 0 Å². The van der Waals surface area contributed by atoms with Gasteiger partial charge in [-0.25, -0.2) is 4.79 Å². The molecular formula is C23H24O3. The van der Waals surface area contributed by atoms with Crippen molar-refractivity contribution in [1.29, 1.82) is 0 Å². The van der Waals surface area contributed by atoms with E-state index >= 15 is 0 Å². The van der Waals surface area contributed by atoms with Crippen LogP contribution in [0.1, 0.15) is 71.5 Å². The molecule has 1 aliphatic rings. The first-order valence-electron chi connectivity index (χ1n) is 8.79. The van der Waals surface area contributed by atoms with E-state index in [2.05, 4.69) is 33.8 Å².